The minimum absolute atomic E-state index is 0.152. The van der Waals surface area contributed by atoms with E-state index in [9.17, 15) is 10.4 Å². The zero-order chi connectivity index (χ0) is 29.0. The van der Waals surface area contributed by atoms with Crippen LogP contribution in [0, 0.1) is 28.6 Å². The van der Waals surface area contributed by atoms with Crippen molar-refractivity contribution in [3.8, 4) is 23.6 Å². The lowest BCUT2D eigenvalue weighted by molar-refractivity contribution is 0.0550. The lowest BCUT2D eigenvalue weighted by atomic mass is 9.90. The second-order valence-electron chi connectivity index (χ2n) is 10.1. The zero-order valence-corrected chi connectivity index (χ0v) is 24.2. The van der Waals surface area contributed by atoms with Crippen molar-refractivity contribution in [1.82, 2.24) is 4.90 Å². The molecule has 7 nitrogen and oxygen atoms in total. The number of nitrogens with zero attached hydrogens (tertiary/aromatic N) is 3. The average molecular weight is 595 g/mol. The van der Waals surface area contributed by atoms with Crippen molar-refractivity contribution in [1.29, 1.82) is 10.5 Å². The molecule has 41 heavy (non-hydrogen) atoms. The third kappa shape index (κ3) is 9.64. The van der Waals surface area contributed by atoms with Crippen molar-refractivity contribution in [2.75, 3.05) is 39.5 Å². The van der Waals surface area contributed by atoms with Gasteiger partial charge in [0.15, 0.2) is 0 Å². The number of likely N-dealkylation sites (tertiary alicyclic amines) is 1. The highest BCUT2D eigenvalue weighted by molar-refractivity contribution is 6.32. The quantitative estimate of drug-likeness (QED) is 0.292. The van der Waals surface area contributed by atoms with Crippen LogP contribution in [-0.2, 0) is 11.2 Å². The van der Waals surface area contributed by atoms with Crippen LogP contribution in [0.5, 0.6) is 11.5 Å². The van der Waals surface area contributed by atoms with Crippen LogP contribution in [0.2, 0.25) is 10.0 Å². The summed E-state index contributed by atoms with van der Waals surface area (Å²) in [5.74, 6) is 1.66. The van der Waals surface area contributed by atoms with Gasteiger partial charge in [-0.3, -0.25) is 0 Å². The number of aliphatic hydroxyl groups excluding tert-OH is 1. The molecule has 0 unspecified atom stereocenters. The van der Waals surface area contributed by atoms with Crippen LogP contribution in [0.4, 0.5) is 0 Å². The Hall–Kier alpha value is -3.30. The van der Waals surface area contributed by atoms with Gasteiger partial charge >= 0.3 is 0 Å². The SMILES string of the molecule is N#Cc1c(Cl)cccc1OC[C@H](O)CN1CCC(Cc2ccccc2)CC1.N#Cc1c(Cl)cccc1OC[C@H]1CO1. The van der Waals surface area contributed by atoms with E-state index in [4.69, 9.17) is 42.7 Å². The van der Waals surface area contributed by atoms with Crippen LogP contribution in [0.3, 0.4) is 0 Å². The van der Waals surface area contributed by atoms with Crippen LogP contribution >= 0.6 is 23.2 Å². The van der Waals surface area contributed by atoms with E-state index in [1.54, 1.807) is 36.4 Å². The molecule has 0 radical (unpaired) electrons. The molecule has 3 aromatic rings. The van der Waals surface area contributed by atoms with E-state index >= 15 is 0 Å². The molecule has 0 aliphatic carbocycles. The monoisotopic (exact) mass is 593 g/mol. The molecule has 2 atom stereocenters. The first-order valence-electron chi connectivity index (χ1n) is 13.7. The Labute approximate surface area is 251 Å². The van der Waals surface area contributed by atoms with Crippen LogP contribution in [-0.4, -0.2) is 61.7 Å². The van der Waals surface area contributed by atoms with Gasteiger partial charge in [-0.1, -0.05) is 65.7 Å². The highest BCUT2D eigenvalue weighted by Crippen LogP contribution is 2.27. The molecule has 2 saturated heterocycles. The van der Waals surface area contributed by atoms with Crippen LogP contribution < -0.4 is 9.47 Å². The molecule has 0 bridgehead atoms. The maximum absolute atomic E-state index is 10.3. The zero-order valence-electron chi connectivity index (χ0n) is 22.7. The Morgan fingerprint density at radius 2 is 1.46 bits per heavy atom. The topological polar surface area (TPSA) is 102 Å². The number of nitriles is 2. The summed E-state index contributed by atoms with van der Waals surface area (Å²) in [5, 5.41) is 29.1. The van der Waals surface area contributed by atoms with E-state index in [-0.39, 0.29) is 12.7 Å². The van der Waals surface area contributed by atoms with Crippen LogP contribution in [0.1, 0.15) is 29.5 Å². The first kappa shape index (κ1) is 30.7. The molecule has 3 aromatic carbocycles. The molecule has 2 aliphatic heterocycles. The highest BCUT2D eigenvalue weighted by atomic mass is 35.5. The van der Waals surface area contributed by atoms with E-state index in [2.05, 4.69) is 35.2 Å². The Balaban J connectivity index is 0.000000231. The Morgan fingerprint density at radius 1 is 0.878 bits per heavy atom. The van der Waals surface area contributed by atoms with E-state index in [1.165, 1.54) is 5.56 Å². The van der Waals surface area contributed by atoms with Gasteiger partial charge in [0.1, 0.15) is 60.2 Å². The normalized spacial score (nSPS) is 17.3. The number of epoxide rings is 1. The molecule has 0 saturated carbocycles. The van der Waals surface area contributed by atoms with Gasteiger partial charge in [0.25, 0.3) is 0 Å². The average Bonchev–Trinajstić information content (AvgIpc) is 3.82. The van der Waals surface area contributed by atoms with Crippen molar-refractivity contribution in [3.05, 3.63) is 93.5 Å². The van der Waals surface area contributed by atoms with Gasteiger partial charge in [0, 0.05) is 6.54 Å². The Morgan fingerprint density at radius 3 is 2.02 bits per heavy atom. The van der Waals surface area contributed by atoms with Gasteiger partial charge in [-0.2, -0.15) is 10.5 Å². The van der Waals surface area contributed by atoms with Crippen molar-refractivity contribution in [3.63, 3.8) is 0 Å². The molecule has 2 heterocycles. The number of hydrogen-bond acceptors (Lipinski definition) is 7. The maximum atomic E-state index is 10.3. The fourth-order valence-corrected chi connectivity index (χ4v) is 5.09. The minimum atomic E-state index is -0.596. The van der Waals surface area contributed by atoms with Gasteiger partial charge in [0.05, 0.1) is 16.7 Å². The van der Waals surface area contributed by atoms with Gasteiger partial charge in [0.2, 0.25) is 0 Å². The number of ether oxygens (including phenoxy) is 3. The summed E-state index contributed by atoms with van der Waals surface area (Å²) in [6.07, 6.45) is 3.01. The summed E-state index contributed by atoms with van der Waals surface area (Å²) in [7, 11) is 0. The minimum Gasteiger partial charge on any atom is -0.489 e. The molecule has 9 heteroatoms. The number of aliphatic hydroxyl groups is 1. The lowest BCUT2D eigenvalue weighted by Crippen LogP contribution is -2.41. The predicted molar refractivity (Wildman–Crippen MR) is 158 cm³/mol. The summed E-state index contributed by atoms with van der Waals surface area (Å²) < 4.78 is 16.0. The third-order valence-corrected chi connectivity index (χ3v) is 7.61. The summed E-state index contributed by atoms with van der Waals surface area (Å²) in [4.78, 5) is 2.29. The molecular formula is C32H33Cl2N3O4. The number of hydrogen-bond donors (Lipinski definition) is 1. The Kier molecular flexibility index (Phi) is 11.7. The van der Waals surface area contributed by atoms with Gasteiger partial charge < -0.3 is 24.2 Å². The standard InChI is InChI=1S/C22H25ClN2O2.C10H8ClNO2/c23-21-7-4-8-22(20(21)14-24)27-16-19(26)15-25-11-9-18(10-12-25)13-17-5-2-1-3-6-17;11-9-2-1-3-10(8(9)4-12)14-6-7-5-13-7/h1-8,18-19,26H,9-13,15-16H2;1-3,7H,5-6H2/t19-;7-/m11/s1. The molecule has 0 amide bonds. The summed E-state index contributed by atoms with van der Waals surface area (Å²) in [6, 6.07) is 24.9. The van der Waals surface area contributed by atoms with Gasteiger partial charge in [-0.05, 0) is 68.1 Å². The van der Waals surface area contributed by atoms with Gasteiger partial charge in [-0.25, -0.2) is 0 Å². The second-order valence-corrected chi connectivity index (χ2v) is 10.9. The second kappa shape index (κ2) is 15.6. The van der Waals surface area contributed by atoms with Crippen LogP contribution in [0.15, 0.2) is 66.7 Å². The smallest absolute Gasteiger partial charge is 0.138 e. The molecule has 214 valence electrons. The molecule has 5 rings (SSSR count). The molecular weight excluding hydrogens is 561 g/mol. The molecule has 0 spiro atoms. The summed E-state index contributed by atoms with van der Waals surface area (Å²) in [5.41, 5.74) is 2.10. The number of β-amino-alcohol motifs (C(OH)–C–C–N with tert-alkyl or cyclic N) is 1. The van der Waals surface area contributed by atoms with E-state index in [0.29, 0.717) is 51.7 Å². The molecule has 0 aromatic heterocycles. The number of rotatable bonds is 10. The van der Waals surface area contributed by atoms with Crippen molar-refractivity contribution >= 4 is 23.2 Å². The molecule has 1 N–H and O–H groups in total. The molecule has 2 aliphatic rings. The summed E-state index contributed by atoms with van der Waals surface area (Å²) in [6.45, 7) is 3.95. The third-order valence-electron chi connectivity index (χ3n) is 6.98. The lowest BCUT2D eigenvalue weighted by Gasteiger charge is -2.33. The summed E-state index contributed by atoms with van der Waals surface area (Å²) >= 11 is 11.8. The highest BCUT2D eigenvalue weighted by Gasteiger charge is 2.24. The fraction of sp³-hybridized carbons (Fsp3) is 0.375. The first-order chi connectivity index (χ1) is 20.0. The van der Waals surface area contributed by atoms with Crippen molar-refractivity contribution in [2.24, 2.45) is 5.92 Å². The number of piperidine rings is 1. The van der Waals surface area contributed by atoms with Crippen molar-refractivity contribution in [2.45, 2.75) is 31.5 Å². The fourth-order valence-electron chi connectivity index (χ4n) is 4.67. The first-order valence-corrected chi connectivity index (χ1v) is 14.4. The largest absolute Gasteiger partial charge is 0.489 e. The van der Waals surface area contributed by atoms with Gasteiger partial charge in [-0.15, -0.1) is 0 Å². The number of halogens is 2. The Bertz CT molecular complexity index is 1350. The van der Waals surface area contributed by atoms with E-state index in [0.717, 1.165) is 39.0 Å². The van der Waals surface area contributed by atoms with Crippen LogP contribution in [0.25, 0.3) is 0 Å². The van der Waals surface area contributed by atoms with E-state index < -0.39 is 6.10 Å². The predicted octanol–water partition coefficient (Wildman–Crippen LogP) is 5.90. The number of benzene rings is 3. The van der Waals surface area contributed by atoms with Crippen molar-refractivity contribution < 1.29 is 19.3 Å². The molecule has 2 fully saturated rings. The van der Waals surface area contributed by atoms with E-state index in [1.807, 2.05) is 12.1 Å². The maximum Gasteiger partial charge on any atom is 0.138 e.